The molecule has 0 saturated heterocycles. The molecule has 0 aliphatic carbocycles. The maximum atomic E-state index is 12.3. The summed E-state index contributed by atoms with van der Waals surface area (Å²) < 4.78 is 40.9. The van der Waals surface area contributed by atoms with Crippen LogP contribution in [0.5, 0.6) is 5.75 Å². The van der Waals surface area contributed by atoms with Crippen molar-refractivity contribution in [2.75, 3.05) is 0 Å². The molecule has 1 aromatic heterocycles. The topological polar surface area (TPSA) is 39.2 Å². The minimum absolute atomic E-state index is 0.131. The van der Waals surface area contributed by atoms with Crippen molar-refractivity contribution < 1.29 is 22.7 Å². The van der Waals surface area contributed by atoms with E-state index in [1.807, 2.05) is 0 Å². The van der Waals surface area contributed by atoms with E-state index in [0.717, 1.165) is 6.07 Å². The summed E-state index contributed by atoms with van der Waals surface area (Å²) in [6.07, 6.45) is -2.05. The van der Waals surface area contributed by atoms with Gasteiger partial charge in [0.1, 0.15) is 5.75 Å². The molecule has 0 amide bonds. The number of aryl methyl sites for hydroxylation is 1. The van der Waals surface area contributed by atoms with Crippen molar-refractivity contribution >= 4 is 5.78 Å². The van der Waals surface area contributed by atoms with Gasteiger partial charge in [0, 0.05) is 18.0 Å². The van der Waals surface area contributed by atoms with Crippen molar-refractivity contribution in [3.63, 3.8) is 0 Å². The molecule has 104 valence electrons. The van der Waals surface area contributed by atoms with Crippen LogP contribution in [0, 0.1) is 6.92 Å². The number of hydrogen-bond acceptors (Lipinski definition) is 3. The van der Waals surface area contributed by atoms with E-state index in [9.17, 15) is 18.0 Å². The molecule has 0 radical (unpaired) electrons. The Bertz CT molecular complexity index is 624. The molecule has 2 aromatic rings. The third-order valence-electron chi connectivity index (χ3n) is 2.55. The van der Waals surface area contributed by atoms with Gasteiger partial charge in [0.05, 0.1) is 5.56 Å². The SMILES string of the molecule is Cc1ccc(OC(F)(F)F)c(C(=O)c2ccncc2)c1. The first-order valence-electron chi connectivity index (χ1n) is 5.68. The Morgan fingerprint density at radius 3 is 2.40 bits per heavy atom. The van der Waals surface area contributed by atoms with E-state index in [1.54, 1.807) is 6.92 Å². The van der Waals surface area contributed by atoms with Crippen LogP contribution in [0.2, 0.25) is 0 Å². The van der Waals surface area contributed by atoms with Gasteiger partial charge in [-0.2, -0.15) is 0 Å². The monoisotopic (exact) mass is 281 g/mol. The Kier molecular flexibility index (Phi) is 3.74. The van der Waals surface area contributed by atoms with Crippen molar-refractivity contribution in [3.05, 3.63) is 59.4 Å². The highest BCUT2D eigenvalue weighted by atomic mass is 19.4. The molecule has 0 atom stereocenters. The predicted octanol–water partition coefficient (Wildman–Crippen LogP) is 3.52. The summed E-state index contributed by atoms with van der Waals surface area (Å²) in [6, 6.07) is 6.82. The third kappa shape index (κ3) is 3.34. The summed E-state index contributed by atoms with van der Waals surface area (Å²) in [5.41, 5.74) is 0.781. The van der Waals surface area contributed by atoms with Crippen LogP contribution in [0.25, 0.3) is 0 Å². The Hall–Kier alpha value is -2.37. The molecule has 1 heterocycles. The number of carbonyl (C=O) groups excluding carboxylic acids is 1. The van der Waals surface area contributed by atoms with Gasteiger partial charge in [-0.3, -0.25) is 9.78 Å². The van der Waals surface area contributed by atoms with Gasteiger partial charge in [-0.05, 0) is 31.2 Å². The van der Waals surface area contributed by atoms with Crippen LogP contribution in [0.1, 0.15) is 21.5 Å². The van der Waals surface area contributed by atoms with Crippen LogP contribution in [0.15, 0.2) is 42.7 Å². The first-order valence-corrected chi connectivity index (χ1v) is 5.68. The lowest BCUT2D eigenvalue weighted by atomic mass is 10.0. The number of halogens is 3. The van der Waals surface area contributed by atoms with Crippen molar-refractivity contribution in [1.82, 2.24) is 4.98 Å². The number of ketones is 1. The average molecular weight is 281 g/mol. The fourth-order valence-corrected chi connectivity index (χ4v) is 1.69. The molecular formula is C14H10F3NO2. The first kappa shape index (κ1) is 14.0. The number of rotatable bonds is 3. The molecule has 0 bridgehead atoms. The zero-order valence-electron chi connectivity index (χ0n) is 10.4. The van der Waals surface area contributed by atoms with Gasteiger partial charge in [-0.1, -0.05) is 11.6 Å². The van der Waals surface area contributed by atoms with Crippen LogP contribution in [0.4, 0.5) is 13.2 Å². The fraction of sp³-hybridized carbons (Fsp3) is 0.143. The number of pyridine rings is 1. The van der Waals surface area contributed by atoms with E-state index >= 15 is 0 Å². The van der Waals surface area contributed by atoms with Crippen LogP contribution >= 0.6 is 0 Å². The van der Waals surface area contributed by atoms with Crippen LogP contribution < -0.4 is 4.74 Å². The van der Waals surface area contributed by atoms with Gasteiger partial charge in [-0.25, -0.2) is 0 Å². The molecule has 0 fully saturated rings. The lowest BCUT2D eigenvalue weighted by Crippen LogP contribution is -2.19. The summed E-state index contributed by atoms with van der Waals surface area (Å²) in [6.45, 7) is 1.68. The highest BCUT2D eigenvalue weighted by Crippen LogP contribution is 2.28. The molecule has 2 rings (SSSR count). The lowest BCUT2D eigenvalue weighted by molar-refractivity contribution is -0.274. The molecule has 0 aliphatic heterocycles. The predicted molar refractivity (Wildman–Crippen MR) is 65.5 cm³/mol. The second-order valence-corrected chi connectivity index (χ2v) is 4.11. The molecule has 0 spiro atoms. The molecule has 0 N–H and O–H groups in total. The summed E-state index contributed by atoms with van der Waals surface area (Å²) in [4.78, 5) is 16.0. The highest BCUT2D eigenvalue weighted by molar-refractivity contribution is 6.10. The van der Waals surface area contributed by atoms with Crippen LogP contribution in [0.3, 0.4) is 0 Å². The molecule has 0 unspecified atom stereocenters. The van der Waals surface area contributed by atoms with E-state index in [4.69, 9.17) is 0 Å². The van der Waals surface area contributed by atoms with Gasteiger partial charge in [0.2, 0.25) is 0 Å². The minimum Gasteiger partial charge on any atom is -0.405 e. The minimum atomic E-state index is -4.84. The molecule has 20 heavy (non-hydrogen) atoms. The van der Waals surface area contributed by atoms with E-state index in [0.29, 0.717) is 5.56 Å². The summed E-state index contributed by atoms with van der Waals surface area (Å²) in [7, 11) is 0. The number of carbonyl (C=O) groups is 1. The van der Waals surface area contributed by atoms with Gasteiger partial charge in [0.15, 0.2) is 5.78 Å². The van der Waals surface area contributed by atoms with Gasteiger partial charge in [-0.15, -0.1) is 13.2 Å². The molecule has 6 heteroatoms. The number of aromatic nitrogens is 1. The van der Waals surface area contributed by atoms with Gasteiger partial charge < -0.3 is 4.74 Å². The zero-order chi connectivity index (χ0) is 14.8. The van der Waals surface area contributed by atoms with Crippen LogP contribution in [-0.2, 0) is 0 Å². The number of hydrogen-bond donors (Lipinski definition) is 0. The summed E-state index contributed by atoms with van der Waals surface area (Å²) in [5.74, 6) is -1.06. The Balaban J connectivity index is 2.44. The van der Waals surface area contributed by atoms with E-state index in [2.05, 4.69) is 9.72 Å². The molecule has 0 aliphatic rings. The van der Waals surface area contributed by atoms with E-state index in [1.165, 1.54) is 36.7 Å². The third-order valence-corrected chi connectivity index (χ3v) is 2.55. The Labute approximate surface area is 113 Å². The largest absolute Gasteiger partial charge is 0.573 e. The Morgan fingerprint density at radius 1 is 1.15 bits per heavy atom. The van der Waals surface area contributed by atoms with Crippen molar-refractivity contribution in [3.8, 4) is 5.75 Å². The van der Waals surface area contributed by atoms with E-state index < -0.39 is 17.9 Å². The molecule has 0 saturated carbocycles. The molecule has 1 aromatic carbocycles. The zero-order valence-corrected chi connectivity index (χ0v) is 10.4. The summed E-state index contributed by atoms with van der Waals surface area (Å²) >= 11 is 0. The van der Waals surface area contributed by atoms with Crippen molar-refractivity contribution in [2.45, 2.75) is 13.3 Å². The van der Waals surface area contributed by atoms with Crippen LogP contribution in [-0.4, -0.2) is 17.1 Å². The average Bonchev–Trinajstić information content (AvgIpc) is 2.39. The standard InChI is InChI=1S/C14H10F3NO2/c1-9-2-3-12(20-14(15,16)17)11(8-9)13(19)10-4-6-18-7-5-10/h2-8H,1H3. The van der Waals surface area contributed by atoms with E-state index in [-0.39, 0.29) is 11.1 Å². The lowest BCUT2D eigenvalue weighted by Gasteiger charge is -2.13. The fourth-order valence-electron chi connectivity index (χ4n) is 1.69. The van der Waals surface area contributed by atoms with Crippen molar-refractivity contribution in [2.24, 2.45) is 0 Å². The second kappa shape index (κ2) is 5.32. The maximum absolute atomic E-state index is 12.3. The van der Waals surface area contributed by atoms with Crippen molar-refractivity contribution in [1.29, 1.82) is 0 Å². The quantitative estimate of drug-likeness (QED) is 0.808. The highest BCUT2D eigenvalue weighted by Gasteiger charge is 2.33. The molecular weight excluding hydrogens is 271 g/mol. The number of ether oxygens (including phenoxy) is 1. The number of alkyl halides is 3. The Morgan fingerprint density at radius 2 is 1.80 bits per heavy atom. The van der Waals surface area contributed by atoms with Gasteiger partial charge >= 0.3 is 6.36 Å². The first-order chi connectivity index (χ1) is 9.37. The molecule has 3 nitrogen and oxygen atoms in total. The van der Waals surface area contributed by atoms with Gasteiger partial charge in [0.25, 0.3) is 0 Å². The maximum Gasteiger partial charge on any atom is 0.573 e. The normalized spacial score (nSPS) is 11.2. The number of nitrogens with zero attached hydrogens (tertiary/aromatic N) is 1. The smallest absolute Gasteiger partial charge is 0.405 e. The second-order valence-electron chi connectivity index (χ2n) is 4.11. The number of benzene rings is 1. The summed E-state index contributed by atoms with van der Waals surface area (Å²) in [5, 5.41) is 0.